The van der Waals surface area contributed by atoms with Gasteiger partial charge < -0.3 is 10.2 Å². The summed E-state index contributed by atoms with van der Waals surface area (Å²) in [6.07, 6.45) is 2.75. The van der Waals surface area contributed by atoms with Crippen molar-refractivity contribution >= 4 is 5.82 Å². The molecule has 16 heavy (non-hydrogen) atoms. The van der Waals surface area contributed by atoms with E-state index in [4.69, 9.17) is 0 Å². The second-order valence-corrected chi connectivity index (χ2v) is 4.83. The molecule has 1 N–H and O–H groups in total. The van der Waals surface area contributed by atoms with Crippen LogP contribution >= 0.6 is 0 Å². The van der Waals surface area contributed by atoms with E-state index in [2.05, 4.69) is 41.0 Å². The Labute approximate surface area is 97.1 Å². The van der Waals surface area contributed by atoms with Crippen molar-refractivity contribution in [1.29, 1.82) is 0 Å². The number of nitrogens with zero attached hydrogens (tertiary/aromatic N) is 3. The van der Waals surface area contributed by atoms with Crippen LogP contribution in [-0.4, -0.2) is 35.1 Å². The van der Waals surface area contributed by atoms with Crippen LogP contribution in [0.1, 0.15) is 26.6 Å². The van der Waals surface area contributed by atoms with Gasteiger partial charge in [-0.05, 0) is 19.9 Å². The smallest absolute Gasteiger partial charge is 0.132 e. The van der Waals surface area contributed by atoms with Gasteiger partial charge in [0.05, 0.1) is 0 Å². The highest BCUT2D eigenvalue weighted by Gasteiger charge is 2.30. The number of rotatable bonds is 2. The van der Waals surface area contributed by atoms with Crippen molar-refractivity contribution in [3.05, 3.63) is 18.1 Å². The summed E-state index contributed by atoms with van der Waals surface area (Å²) in [4.78, 5) is 11.2. The summed E-state index contributed by atoms with van der Waals surface area (Å²) >= 11 is 0. The van der Waals surface area contributed by atoms with Gasteiger partial charge in [0.15, 0.2) is 0 Å². The third kappa shape index (κ3) is 2.16. The molecule has 4 heteroatoms. The van der Waals surface area contributed by atoms with Gasteiger partial charge in [0.2, 0.25) is 0 Å². The predicted molar refractivity (Wildman–Crippen MR) is 65.7 cm³/mol. The molecule has 1 fully saturated rings. The highest BCUT2D eigenvalue weighted by molar-refractivity contribution is 5.42. The van der Waals surface area contributed by atoms with E-state index in [1.807, 2.05) is 12.3 Å². The normalized spacial score (nSPS) is 19.8. The summed E-state index contributed by atoms with van der Waals surface area (Å²) in [7, 11) is 0. The first-order chi connectivity index (χ1) is 7.63. The molecule has 88 valence electrons. The van der Waals surface area contributed by atoms with Crippen LogP contribution < -0.4 is 10.2 Å². The van der Waals surface area contributed by atoms with Gasteiger partial charge in [-0.15, -0.1) is 0 Å². The molecule has 2 rings (SSSR count). The minimum absolute atomic E-state index is 0.123. The second-order valence-electron chi connectivity index (χ2n) is 4.83. The molecule has 0 aliphatic carbocycles. The van der Waals surface area contributed by atoms with E-state index in [0.717, 1.165) is 37.7 Å². The highest BCUT2D eigenvalue weighted by atomic mass is 15.3. The van der Waals surface area contributed by atoms with Crippen molar-refractivity contribution in [3.8, 4) is 0 Å². The van der Waals surface area contributed by atoms with Crippen molar-refractivity contribution in [3.63, 3.8) is 0 Å². The van der Waals surface area contributed by atoms with Crippen LogP contribution in [0.3, 0.4) is 0 Å². The maximum Gasteiger partial charge on any atom is 0.132 e. The molecule has 0 radical (unpaired) electrons. The molecule has 0 spiro atoms. The van der Waals surface area contributed by atoms with E-state index >= 15 is 0 Å². The van der Waals surface area contributed by atoms with E-state index in [1.165, 1.54) is 0 Å². The van der Waals surface area contributed by atoms with Crippen molar-refractivity contribution in [1.82, 2.24) is 15.3 Å². The predicted octanol–water partition coefficient (Wildman–Crippen LogP) is 1.23. The molecule has 0 unspecified atom stereocenters. The summed E-state index contributed by atoms with van der Waals surface area (Å²) in [5, 5.41) is 3.42. The summed E-state index contributed by atoms with van der Waals surface area (Å²) in [5.41, 5.74) is 0.123. The summed E-state index contributed by atoms with van der Waals surface area (Å²) < 4.78 is 0. The quantitative estimate of drug-likeness (QED) is 0.814. The van der Waals surface area contributed by atoms with E-state index in [-0.39, 0.29) is 5.54 Å². The number of hydrogen-bond acceptors (Lipinski definition) is 4. The van der Waals surface area contributed by atoms with Crippen molar-refractivity contribution in [2.75, 3.05) is 24.5 Å². The highest BCUT2D eigenvalue weighted by Crippen LogP contribution is 2.23. The zero-order valence-electron chi connectivity index (χ0n) is 10.3. The number of aryl methyl sites for hydroxylation is 1. The summed E-state index contributed by atoms with van der Waals surface area (Å²) in [6.45, 7) is 9.60. The molecule has 1 aromatic heterocycles. The van der Waals surface area contributed by atoms with Crippen LogP contribution in [0.2, 0.25) is 0 Å². The second kappa shape index (κ2) is 4.37. The topological polar surface area (TPSA) is 41.1 Å². The third-order valence-electron chi connectivity index (χ3n) is 3.08. The van der Waals surface area contributed by atoms with Gasteiger partial charge >= 0.3 is 0 Å². The lowest BCUT2D eigenvalue weighted by Gasteiger charge is -2.43. The average molecular weight is 220 g/mol. The SMILES string of the molecule is CCc1nccc(N2CCNCC2(C)C)n1. The molecular formula is C12H20N4. The molecule has 0 saturated carbocycles. The Kier molecular flexibility index (Phi) is 3.10. The Morgan fingerprint density at radius 2 is 2.31 bits per heavy atom. The zero-order chi connectivity index (χ0) is 11.6. The molecule has 0 atom stereocenters. The molecule has 1 saturated heterocycles. The fourth-order valence-corrected chi connectivity index (χ4v) is 2.12. The van der Waals surface area contributed by atoms with Gasteiger partial charge in [0, 0.05) is 37.8 Å². The van der Waals surface area contributed by atoms with Gasteiger partial charge in [-0.2, -0.15) is 0 Å². The first-order valence-electron chi connectivity index (χ1n) is 5.94. The first kappa shape index (κ1) is 11.3. The van der Waals surface area contributed by atoms with Crippen molar-refractivity contribution in [2.24, 2.45) is 0 Å². The Hall–Kier alpha value is -1.16. The first-order valence-corrected chi connectivity index (χ1v) is 5.94. The fraction of sp³-hybridized carbons (Fsp3) is 0.667. The van der Waals surface area contributed by atoms with Crippen LogP contribution in [-0.2, 0) is 6.42 Å². The number of aromatic nitrogens is 2. The average Bonchev–Trinajstić information content (AvgIpc) is 2.28. The van der Waals surface area contributed by atoms with E-state index < -0.39 is 0 Å². The van der Waals surface area contributed by atoms with Gasteiger partial charge in [0.25, 0.3) is 0 Å². The monoisotopic (exact) mass is 220 g/mol. The summed E-state index contributed by atoms with van der Waals surface area (Å²) in [5.74, 6) is 1.98. The zero-order valence-corrected chi connectivity index (χ0v) is 10.3. The molecule has 1 aromatic rings. The Morgan fingerprint density at radius 1 is 1.50 bits per heavy atom. The van der Waals surface area contributed by atoms with Gasteiger partial charge in [0.1, 0.15) is 11.6 Å². The lowest BCUT2D eigenvalue weighted by atomic mass is 10.0. The molecule has 0 bridgehead atoms. The molecule has 4 nitrogen and oxygen atoms in total. The third-order valence-corrected chi connectivity index (χ3v) is 3.08. The lowest BCUT2D eigenvalue weighted by Crippen LogP contribution is -2.58. The van der Waals surface area contributed by atoms with Crippen LogP contribution in [0.25, 0.3) is 0 Å². The Bertz CT molecular complexity index is 362. The maximum atomic E-state index is 4.60. The van der Waals surface area contributed by atoms with E-state index in [0.29, 0.717) is 0 Å². The molecular weight excluding hydrogens is 200 g/mol. The minimum atomic E-state index is 0.123. The molecule has 0 aromatic carbocycles. The largest absolute Gasteiger partial charge is 0.349 e. The van der Waals surface area contributed by atoms with E-state index in [1.54, 1.807) is 0 Å². The Balaban J connectivity index is 2.27. The molecule has 1 aliphatic rings. The number of nitrogens with one attached hydrogen (secondary N) is 1. The van der Waals surface area contributed by atoms with Crippen molar-refractivity contribution in [2.45, 2.75) is 32.7 Å². The maximum absolute atomic E-state index is 4.60. The fourth-order valence-electron chi connectivity index (χ4n) is 2.12. The minimum Gasteiger partial charge on any atom is -0.349 e. The van der Waals surface area contributed by atoms with Crippen LogP contribution in [0, 0.1) is 0 Å². The van der Waals surface area contributed by atoms with Crippen molar-refractivity contribution < 1.29 is 0 Å². The standard InChI is InChI=1S/C12H20N4/c1-4-10-14-6-5-11(15-10)16-8-7-13-9-12(16,2)3/h5-6,13H,4,7-9H2,1-3H3. The van der Waals surface area contributed by atoms with Gasteiger partial charge in [-0.3, -0.25) is 0 Å². The van der Waals surface area contributed by atoms with E-state index in [9.17, 15) is 0 Å². The van der Waals surface area contributed by atoms with Crippen LogP contribution in [0.4, 0.5) is 5.82 Å². The number of hydrogen-bond donors (Lipinski definition) is 1. The van der Waals surface area contributed by atoms with Gasteiger partial charge in [-0.25, -0.2) is 9.97 Å². The van der Waals surface area contributed by atoms with Crippen LogP contribution in [0.5, 0.6) is 0 Å². The molecule has 0 amide bonds. The summed E-state index contributed by atoms with van der Waals surface area (Å²) in [6, 6.07) is 2.01. The van der Waals surface area contributed by atoms with Crippen LogP contribution in [0.15, 0.2) is 12.3 Å². The van der Waals surface area contributed by atoms with Gasteiger partial charge in [-0.1, -0.05) is 6.92 Å². The number of anilines is 1. The lowest BCUT2D eigenvalue weighted by molar-refractivity contribution is 0.377. The molecule has 1 aliphatic heterocycles. The number of piperazine rings is 1. The molecule has 2 heterocycles. The Morgan fingerprint density at radius 3 is 3.00 bits per heavy atom.